The second-order valence-electron chi connectivity index (χ2n) is 4.61. The lowest BCUT2D eigenvalue weighted by Crippen LogP contribution is -2.42. The summed E-state index contributed by atoms with van der Waals surface area (Å²) in [5.41, 5.74) is 5.48. The molecule has 15 heavy (non-hydrogen) atoms. The largest absolute Gasteiger partial charge is 0.393 e. The SMILES string of the molecule is CN(C)C1CCN(CCCC(N)=S)CC1. The van der Waals surface area contributed by atoms with Crippen molar-refractivity contribution in [3.63, 3.8) is 0 Å². The highest BCUT2D eigenvalue weighted by Gasteiger charge is 2.19. The van der Waals surface area contributed by atoms with Crippen LogP contribution in [0.15, 0.2) is 0 Å². The minimum atomic E-state index is 0.651. The van der Waals surface area contributed by atoms with E-state index in [1.54, 1.807) is 0 Å². The molecule has 3 nitrogen and oxygen atoms in total. The van der Waals surface area contributed by atoms with E-state index in [9.17, 15) is 0 Å². The molecule has 4 heteroatoms. The molecule has 2 N–H and O–H groups in total. The van der Waals surface area contributed by atoms with Crippen LogP contribution in [0.5, 0.6) is 0 Å². The van der Waals surface area contributed by atoms with Gasteiger partial charge in [-0.25, -0.2) is 0 Å². The smallest absolute Gasteiger partial charge is 0.0727 e. The van der Waals surface area contributed by atoms with Gasteiger partial charge in [-0.15, -0.1) is 0 Å². The normalized spacial score (nSPS) is 19.7. The fourth-order valence-electron chi connectivity index (χ4n) is 2.14. The summed E-state index contributed by atoms with van der Waals surface area (Å²) in [7, 11) is 4.35. The van der Waals surface area contributed by atoms with Gasteiger partial charge in [0.2, 0.25) is 0 Å². The first-order chi connectivity index (χ1) is 7.09. The minimum Gasteiger partial charge on any atom is -0.393 e. The van der Waals surface area contributed by atoms with Gasteiger partial charge in [0.15, 0.2) is 0 Å². The zero-order chi connectivity index (χ0) is 11.3. The van der Waals surface area contributed by atoms with Gasteiger partial charge in [-0.3, -0.25) is 0 Å². The fraction of sp³-hybridized carbons (Fsp3) is 0.909. The third kappa shape index (κ3) is 4.91. The Bertz CT molecular complexity index is 198. The minimum absolute atomic E-state index is 0.651. The summed E-state index contributed by atoms with van der Waals surface area (Å²) in [6.45, 7) is 3.60. The Kier molecular flexibility index (Phi) is 5.50. The van der Waals surface area contributed by atoms with Gasteiger partial charge in [-0.05, 0) is 59.4 Å². The number of likely N-dealkylation sites (tertiary alicyclic amines) is 1. The molecule has 0 radical (unpaired) electrons. The van der Waals surface area contributed by atoms with Gasteiger partial charge in [0.1, 0.15) is 0 Å². The molecule has 0 aliphatic carbocycles. The van der Waals surface area contributed by atoms with Gasteiger partial charge in [0.05, 0.1) is 4.99 Å². The van der Waals surface area contributed by atoms with E-state index >= 15 is 0 Å². The highest BCUT2D eigenvalue weighted by molar-refractivity contribution is 7.80. The molecule has 1 fully saturated rings. The van der Waals surface area contributed by atoms with Crippen molar-refractivity contribution in [3.05, 3.63) is 0 Å². The Morgan fingerprint density at radius 1 is 1.40 bits per heavy atom. The Morgan fingerprint density at radius 3 is 2.47 bits per heavy atom. The number of rotatable bonds is 5. The van der Waals surface area contributed by atoms with Crippen LogP contribution >= 0.6 is 12.2 Å². The predicted molar refractivity (Wildman–Crippen MR) is 69.2 cm³/mol. The van der Waals surface area contributed by atoms with Crippen LogP contribution < -0.4 is 5.73 Å². The molecule has 0 aromatic carbocycles. The first-order valence-corrected chi connectivity index (χ1v) is 6.17. The molecular weight excluding hydrogens is 206 g/mol. The van der Waals surface area contributed by atoms with E-state index in [-0.39, 0.29) is 0 Å². The van der Waals surface area contributed by atoms with E-state index in [0.29, 0.717) is 4.99 Å². The summed E-state index contributed by atoms with van der Waals surface area (Å²) in [6.07, 6.45) is 4.59. The second kappa shape index (κ2) is 6.40. The number of nitrogens with two attached hydrogens (primary N) is 1. The van der Waals surface area contributed by atoms with Crippen molar-refractivity contribution in [1.82, 2.24) is 9.80 Å². The monoisotopic (exact) mass is 229 g/mol. The summed E-state index contributed by atoms with van der Waals surface area (Å²) in [4.78, 5) is 5.52. The van der Waals surface area contributed by atoms with Crippen molar-refractivity contribution < 1.29 is 0 Å². The molecule has 1 saturated heterocycles. The zero-order valence-electron chi connectivity index (χ0n) is 9.91. The van der Waals surface area contributed by atoms with Crippen LogP contribution in [-0.4, -0.2) is 54.6 Å². The third-order valence-electron chi connectivity index (χ3n) is 3.18. The van der Waals surface area contributed by atoms with E-state index in [4.69, 9.17) is 18.0 Å². The van der Waals surface area contributed by atoms with Crippen LogP contribution in [0.3, 0.4) is 0 Å². The first kappa shape index (κ1) is 12.9. The lowest BCUT2D eigenvalue weighted by Gasteiger charge is -2.35. The third-order valence-corrected chi connectivity index (χ3v) is 3.39. The molecule has 0 aromatic heterocycles. The molecule has 0 amide bonds. The topological polar surface area (TPSA) is 32.5 Å². The Morgan fingerprint density at radius 2 is 2.00 bits per heavy atom. The quantitative estimate of drug-likeness (QED) is 0.715. The lowest BCUT2D eigenvalue weighted by atomic mass is 10.0. The summed E-state index contributed by atoms with van der Waals surface area (Å²) < 4.78 is 0. The number of hydrogen-bond donors (Lipinski definition) is 1. The Hall–Kier alpha value is -0.190. The fourth-order valence-corrected chi connectivity index (χ4v) is 2.28. The number of hydrogen-bond acceptors (Lipinski definition) is 3. The van der Waals surface area contributed by atoms with Crippen molar-refractivity contribution in [3.8, 4) is 0 Å². The van der Waals surface area contributed by atoms with Crippen LogP contribution in [0, 0.1) is 0 Å². The molecular formula is C11H23N3S. The van der Waals surface area contributed by atoms with Crippen LogP contribution in [-0.2, 0) is 0 Å². The van der Waals surface area contributed by atoms with Crippen molar-refractivity contribution in [2.45, 2.75) is 31.7 Å². The lowest BCUT2D eigenvalue weighted by molar-refractivity contribution is 0.144. The molecule has 1 aliphatic rings. The summed E-state index contributed by atoms with van der Waals surface area (Å²) in [5.74, 6) is 0. The van der Waals surface area contributed by atoms with Gasteiger partial charge in [0, 0.05) is 6.04 Å². The van der Waals surface area contributed by atoms with Gasteiger partial charge in [0.25, 0.3) is 0 Å². The number of piperidine rings is 1. The Balaban J connectivity index is 2.12. The van der Waals surface area contributed by atoms with Crippen molar-refractivity contribution in [2.24, 2.45) is 5.73 Å². The molecule has 1 rings (SSSR count). The summed E-state index contributed by atoms with van der Waals surface area (Å²) in [5, 5.41) is 0. The van der Waals surface area contributed by atoms with Gasteiger partial charge in [-0.2, -0.15) is 0 Å². The van der Waals surface area contributed by atoms with E-state index in [1.807, 2.05) is 0 Å². The molecule has 0 saturated carbocycles. The van der Waals surface area contributed by atoms with Gasteiger partial charge >= 0.3 is 0 Å². The molecule has 88 valence electrons. The molecule has 0 atom stereocenters. The molecule has 0 bridgehead atoms. The first-order valence-electron chi connectivity index (χ1n) is 5.76. The highest BCUT2D eigenvalue weighted by atomic mass is 32.1. The van der Waals surface area contributed by atoms with Gasteiger partial charge in [-0.1, -0.05) is 12.2 Å². The molecule has 0 aromatic rings. The van der Waals surface area contributed by atoms with Gasteiger partial charge < -0.3 is 15.5 Å². The molecule has 1 aliphatic heterocycles. The van der Waals surface area contributed by atoms with Crippen molar-refractivity contribution in [2.75, 3.05) is 33.7 Å². The van der Waals surface area contributed by atoms with Crippen molar-refractivity contribution in [1.29, 1.82) is 0 Å². The van der Waals surface area contributed by atoms with E-state index in [1.165, 1.54) is 25.9 Å². The average molecular weight is 229 g/mol. The number of nitrogens with zero attached hydrogens (tertiary/aromatic N) is 2. The Labute approximate surface area is 98.6 Å². The van der Waals surface area contributed by atoms with Crippen LogP contribution in [0.1, 0.15) is 25.7 Å². The maximum Gasteiger partial charge on any atom is 0.0727 e. The number of thiocarbonyl (C=S) groups is 1. The maximum atomic E-state index is 5.48. The maximum absolute atomic E-state index is 5.48. The van der Waals surface area contributed by atoms with Crippen molar-refractivity contribution >= 4 is 17.2 Å². The molecule has 0 spiro atoms. The molecule has 1 heterocycles. The standard InChI is InChI=1S/C11H23N3S/c1-13(2)10-5-8-14(9-6-10)7-3-4-11(12)15/h10H,3-9H2,1-2H3,(H2,12,15). The highest BCUT2D eigenvalue weighted by Crippen LogP contribution is 2.14. The summed E-state index contributed by atoms with van der Waals surface area (Å²) in [6, 6.07) is 0.775. The van der Waals surface area contributed by atoms with Crippen LogP contribution in [0.2, 0.25) is 0 Å². The average Bonchev–Trinajstić information content (AvgIpc) is 2.18. The zero-order valence-corrected chi connectivity index (χ0v) is 10.7. The van der Waals surface area contributed by atoms with Crippen LogP contribution in [0.4, 0.5) is 0 Å². The van der Waals surface area contributed by atoms with Crippen LogP contribution in [0.25, 0.3) is 0 Å². The van der Waals surface area contributed by atoms with E-state index in [0.717, 1.165) is 25.4 Å². The second-order valence-corrected chi connectivity index (χ2v) is 5.13. The predicted octanol–water partition coefficient (Wildman–Crippen LogP) is 1.08. The van der Waals surface area contributed by atoms with E-state index < -0.39 is 0 Å². The molecule has 0 unspecified atom stereocenters. The summed E-state index contributed by atoms with van der Waals surface area (Å²) >= 11 is 4.87. The van der Waals surface area contributed by atoms with E-state index in [2.05, 4.69) is 23.9 Å².